The van der Waals surface area contributed by atoms with Gasteiger partial charge in [0.1, 0.15) is 0 Å². The second-order valence-corrected chi connectivity index (χ2v) is 6.04. The first-order chi connectivity index (χ1) is 9.75. The number of hydrogen-bond donors (Lipinski definition) is 2. The van der Waals surface area contributed by atoms with E-state index in [0.29, 0.717) is 11.4 Å². The molecule has 0 aromatic heterocycles. The molecule has 0 saturated carbocycles. The van der Waals surface area contributed by atoms with Gasteiger partial charge in [-0.1, -0.05) is 13.3 Å². The Kier molecular flexibility index (Phi) is 6.39. The van der Waals surface area contributed by atoms with Crippen molar-refractivity contribution in [1.29, 1.82) is 0 Å². The Morgan fingerprint density at radius 2 is 2.10 bits per heavy atom. The molecule has 0 heterocycles. The van der Waals surface area contributed by atoms with E-state index in [0.717, 1.165) is 36.7 Å². The fraction of sp³-hybridized carbons (Fsp3) is 0.500. The number of thioether (sulfide) groups is 1. The third-order valence-electron chi connectivity index (χ3n) is 2.84. The fourth-order valence-electron chi connectivity index (χ4n) is 1.61. The molecule has 3 N–H and O–H groups in total. The zero-order valence-corrected chi connectivity index (χ0v) is 12.8. The molecule has 1 unspecified atom stereocenters. The molecule has 118 valence electrons. The summed E-state index contributed by atoms with van der Waals surface area (Å²) in [6.07, 6.45) is -2.54. The van der Waals surface area contributed by atoms with Crippen LogP contribution in [0.15, 0.2) is 23.1 Å². The van der Waals surface area contributed by atoms with E-state index in [4.69, 9.17) is 5.73 Å². The summed E-state index contributed by atoms with van der Waals surface area (Å²) in [4.78, 5) is 12.3. The summed E-state index contributed by atoms with van der Waals surface area (Å²) in [5.41, 5.74) is 4.88. The van der Waals surface area contributed by atoms with Crippen LogP contribution in [0.3, 0.4) is 0 Å². The van der Waals surface area contributed by atoms with Gasteiger partial charge in [-0.15, -0.1) is 11.8 Å². The first-order valence-corrected chi connectivity index (χ1v) is 7.54. The van der Waals surface area contributed by atoms with E-state index in [1.807, 2.05) is 6.92 Å². The minimum absolute atomic E-state index is 0.0306. The van der Waals surface area contributed by atoms with E-state index in [-0.39, 0.29) is 11.6 Å². The lowest BCUT2D eigenvalue weighted by atomic mass is 10.2. The van der Waals surface area contributed by atoms with Crippen LogP contribution in [0.1, 0.15) is 32.3 Å². The molecule has 3 nitrogen and oxygen atoms in total. The number of hydrogen-bond acceptors (Lipinski definition) is 3. The van der Waals surface area contributed by atoms with Crippen LogP contribution in [0.4, 0.5) is 18.9 Å². The molecule has 0 bridgehead atoms. The number of anilines is 1. The van der Waals surface area contributed by atoms with Gasteiger partial charge in [0.25, 0.3) is 0 Å². The minimum atomic E-state index is -4.42. The van der Waals surface area contributed by atoms with Gasteiger partial charge >= 0.3 is 6.18 Å². The maximum absolute atomic E-state index is 12.5. The van der Waals surface area contributed by atoms with E-state index in [1.165, 1.54) is 6.07 Å². The summed E-state index contributed by atoms with van der Waals surface area (Å²) < 4.78 is 37.6. The molecule has 1 aromatic rings. The summed E-state index contributed by atoms with van der Waals surface area (Å²) in [5.74, 6) is -0.146. The second kappa shape index (κ2) is 7.59. The Labute approximate surface area is 126 Å². The van der Waals surface area contributed by atoms with Gasteiger partial charge in [-0.2, -0.15) is 13.2 Å². The number of carbonyl (C=O) groups is 1. The number of nitrogens with one attached hydrogen (secondary N) is 1. The first kappa shape index (κ1) is 17.7. The molecular formula is C14H19F3N2OS. The number of benzene rings is 1. The Balaban J connectivity index is 2.68. The number of rotatable bonds is 6. The zero-order chi connectivity index (χ0) is 16.0. The van der Waals surface area contributed by atoms with Gasteiger partial charge in [0.15, 0.2) is 0 Å². The van der Waals surface area contributed by atoms with E-state index < -0.39 is 17.0 Å². The largest absolute Gasteiger partial charge is 0.416 e. The van der Waals surface area contributed by atoms with E-state index in [9.17, 15) is 18.0 Å². The Bertz CT molecular complexity index is 492. The van der Waals surface area contributed by atoms with Crippen molar-refractivity contribution in [2.75, 3.05) is 12.3 Å². The molecule has 0 aliphatic rings. The lowest BCUT2D eigenvalue weighted by Crippen LogP contribution is -2.31. The van der Waals surface area contributed by atoms with Crippen LogP contribution in [0.5, 0.6) is 0 Å². The van der Waals surface area contributed by atoms with Crippen molar-refractivity contribution in [2.24, 2.45) is 0 Å². The molecule has 7 heteroatoms. The number of halogens is 3. The van der Waals surface area contributed by atoms with E-state index in [2.05, 4.69) is 5.32 Å². The number of unbranched alkanes of at least 4 members (excludes halogenated alkanes) is 1. The van der Waals surface area contributed by atoms with Gasteiger partial charge in [-0.3, -0.25) is 4.79 Å². The average Bonchev–Trinajstić information content (AvgIpc) is 2.39. The van der Waals surface area contributed by atoms with Crippen molar-refractivity contribution in [2.45, 2.75) is 43.0 Å². The van der Waals surface area contributed by atoms with Crippen LogP contribution in [0.2, 0.25) is 0 Å². The predicted octanol–water partition coefficient (Wildman–Crippen LogP) is 3.68. The highest BCUT2D eigenvalue weighted by Crippen LogP contribution is 2.35. The lowest BCUT2D eigenvalue weighted by molar-refractivity contribution is -0.137. The monoisotopic (exact) mass is 320 g/mol. The molecule has 0 spiro atoms. The Morgan fingerprint density at radius 1 is 1.43 bits per heavy atom. The Hall–Kier alpha value is -1.37. The van der Waals surface area contributed by atoms with Gasteiger partial charge in [0.05, 0.1) is 10.8 Å². The molecule has 0 radical (unpaired) electrons. The first-order valence-electron chi connectivity index (χ1n) is 6.66. The van der Waals surface area contributed by atoms with E-state index in [1.54, 1.807) is 6.92 Å². The SMILES string of the molecule is CCCCNC(=O)C(C)Sc1ccc(C(F)(F)F)cc1N. The molecular weight excluding hydrogens is 301 g/mol. The summed E-state index contributed by atoms with van der Waals surface area (Å²) in [6.45, 7) is 4.32. The maximum atomic E-state index is 12.5. The molecule has 0 fully saturated rings. The Morgan fingerprint density at radius 3 is 2.62 bits per heavy atom. The highest BCUT2D eigenvalue weighted by Gasteiger charge is 2.31. The molecule has 1 amide bonds. The highest BCUT2D eigenvalue weighted by atomic mass is 32.2. The molecule has 0 aliphatic carbocycles. The van der Waals surface area contributed by atoms with Gasteiger partial charge < -0.3 is 11.1 Å². The molecule has 1 aromatic carbocycles. The molecule has 1 rings (SSSR count). The molecule has 21 heavy (non-hydrogen) atoms. The van der Waals surface area contributed by atoms with Crippen LogP contribution < -0.4 is 11.1 Å². The average molecular weight is 320 g/mol. The second-order valence-electron chi connectivity index (χ2n) is 4.66. The predicted molar refractivity (Wildman–Crippen MR) is 79.1 cm³/mol. The molecule has 0 aliphatic heterocycles. The summed E-state index contributed by atoms with van der Waals surface area (Å²) >= 11 is 1.15. The normalized spacial score (nSPS) is 13.0. The van der Waals surface area contributed by atoms with Crippen molar-refractivity contribution in [3.05, 3.63) is 23.8 Å². The van der Waals surface area contributed by atoms with Crippen molar-refractivity contribution < 1.29 is 18.0 Å². The number of amides is 1. The van der Waals surface area contributed by atoms with Crippen molar-refractivity contribution in [1.82, 2.24) is 5.32 Å². The molecule has 0 saturated heterocycles. The van der Waals surface area contributed by atoms with Crippen LogP contribution in [0.25, 0.3) is 0 Å². The molecule has 1 atom stereocenters. The quantitative estimate of drug-likeness (QED) is 0.477. The van der Waals surface area contributed by atoms with Crippen molar-refractivity contribution >= 4 is 23.4 Å². The third-order valence-corrected chi connectivity index (χ3v) is 4.03. The lowest BCUT2D eigenvalue weighted by Gasteiger charge is -2.14. The van der Waals surface area contributed by atoms with Gasteiger partial charge in [0, 0.05) is 17.1 Å². The number of alkyl halides is 3. The number of nitrogens with two attached hydrogens (primary N) is 1. The zero-order valence-electron chi connectivity index (χ0n) is 12.0. The topological polar surface area (TPSA) is 55.1 Å². The van der Waals surface area contributed by atoms with E-state index >= 15 is 0 Å². The van der Waals surface area contributed by atoms with Crippen LogP contribution in [-0.2, 0) is 11.0 Å². The van der Waals surface area contributed by atoms with Gasteiger partial charge in [-0.25, -0.2) is 0 Å². The standard InChI is InChI=1S/C14H19F3N2OS/c1-3-4-7-19-13(20)9(2)21-12-6-5-10(8-11(12)18)14(15,16)17/h5-6,8-9H,3-4,7,18H2,1-2H3,(H,19,20). The number of carbonyl (C=O) groups excluding carboxylic acids is 1. The summed E-state index contributed by atoms with van der Waals surface area (Å²) in [6, 6.07) is 3.17. The number of nitrogen functional groups attached to an aromatic ring is 1. The van der Waals surface area contributed by atoms with Gasteiger partial charge in [0.2, 0.25) is 5.91 Å². The summed E-state index contributed by atoms with van der Waals surface area (Å²) in [5, 5.41) is 2.36. The minimum Gasteiger partial charge on any atom is -0.398 e. The van der Waals surface area contributed by atoms with Crippen LogP contribution in [0, 0.1) is 0 Å². The van der Waals surface area contributed by atoms with Crippen LogP contribution >= 0.6 is 11.8 Å². The van der Waals surface area contributed by atoms with Gasteiger partial charge in [-0.05, 0) is 31.5 Å². The van der Waals surface area contributed by atoms with Crippen molar-refractivity contribution in [3.63, 3.8) is 0 Å². The smallest absolute Gasteiger partial charge is 0.398 e. The third kappa shape index (κ3) is 5.49. The fourth-order valence-corrected chi connectivity index (χ4v) is 2.52. The summed E-state index contributed by atoms with van der Waals surface area (Å²) in [7, 11) is 0. The highest BCUT2D eigenvalue weighted by molar-refractivity contribution is 8.00. The maximum Gasteiger partial charge on any atom is 0.416 e. The van der Waals surface area contributed by atoms with Crippen molar-refractivity contribution in [3.8, 4) is 0 Å². The van der Waals surface area contributed by atoms with Crippen LogP contribution in [-0.4, -0.2) is 17.7 Å².